The summed E-state index contributed by atoms with van der Waals surface area (Å²) in [5, 5.41) is 6.61. The molecule has 0 spiro atoms. The van der Waals surface area contributed by atoms with E-state index < -0.39 is 32.1 Å². The fourth-order valence-corrected chi connectivity index (χ4v) is 9.68. The number of fused-ring (bicyclic) bond motifs is 3. The predicted octanol–water partition coefficient (Wildman–Crippen LogP) is 5.91. The number of hydrogen-bond acceptors (Lipinski definition) is 9. The fraction of sp³-hybridized carbons (Fsp3) is 0.553. The summed E-state index contributed by atoms with van der Waals surface area (Å²) in [6, 6.07) is 4.97. The van der Waals surface area contributed by atoms with Gasteiger partial charge in [-0.2, -0.15) is 0 Å². The summed E-state index contributed by atoms with van der Waals surface area (Å²) in [5.41, 5.74) is 0.916. The molecular formula is C38H48ClN5O7S2. The van der Waals surface area contributed by atoms with Crippen LogP contribution in [-0.4, -0.2) is 72.0 Å². The van der Waals surface area contributed by atoms with Gasteiger partial charge in [0, 0.05) is 48.2 Å². The third-order valence-corrected chi connectivity index (χ3v) is 14.5. The number of carbonyl (C=O) groups excluding carboxylic acids is 3. The second kappa shape index (κ2) is 15.2. The van der Waals surface area contributed by atoms with E-state index in [1.807, 2.05) is 17.5 Å². The van der Waals surface area contributed by atoms with Crippen LogP contribution in [0.15, 0.2) is 40.5 Å². The molecule has 15 heteroatoms. The number of rotatable bonds is 6. The smallest absolute Gasteiger partial charge is 0.259 e. The molecule has 3 aromatic rings. The second-order valence-corrected chi connectivity index (χ2v) is 18.7. The van der Waals surface area contributed by atoms with Crippen LogP contribution in [0.25, 0.3) is 21.6 Å². The Hall–Kier alpha value is -3.75. The number of amides is 3. The summed E-state index contributed by atoms with van der Waals surface area (Å²) >= 11 is 7.83. The Morgan fingerprint density at radius 1 is 1.13 bits per heavy atom. The first-order valence-corrected chi connectivity index (χ1v) is 21.0. The van der Waals surface area contributed by atoms with Crippen molar-refractivity contribution in [2.24, 2.45) is 17.8 Å². The number of pyridine rings is 1. The van der Waals surface area contributed by atoms with Crippen molar-refractivity contribution in [2.45, 2.75) is 94.8 Å². The molecular weight excluding hydrogens is 738 g/mol. The highest BCUT2D eigenvalue weighted by Crippen LogP contribution is 2.48. The van der Waals surface area contributed by atoms with Crippen molar-refractivity contribution >= 4 is 61.6 Å². The van der Waals surface area contributed by atoms with Crippen LogP contribution in [0.1, 0.15) is 90.2 Å². The average Bonchev–Trinajstić information content (AvgIpc) is 3.85. The van der Waals surface area contributed by atoms with Gasteiger partial charge in [-0.3, -0.25) is 23.9 Å². The van der Waals surface area contributed by atoms with Crippen molar-refractivity contribution in [3.63, 3.8) is 0 Å². The number of aromatic nitrogens is 2. The molecule has 2 aromatic heterocycles. The molecule has 53 heavy (non-hydrogen) atoms. The molecule has 4 atom stereocenters. The van der Waals surface area contributed by atoms with Gasteiger partial charge in [0.25, 0.3) is 5.91 Å². The molecule has 1 aromatic carbocycles. The molecule has 7 rings (SSSR count). The van der Waals surface area contributed by atoms with Gasteiger partial charge < -0.3 is 19.9 Å². The van der Waals surface area contributed by atoms with E-state index in [1.54, 1.807) is 44.2 Å². The van der Waals surface area contributed by atoms with Crippen LogP contribution in [0.2, 0.25) is 5.02 Å². The maximum Gasteiger partial charge on any atom is 0.259 e. The number of hydrogen-bond donors (Lipinski definition) is 3. The molecule has 0 bridgehead atoms. The number of sulfonamides is 1. The lowest BCUT2D eigenvalue weighted by atomic mass is 9.93. The number of thiazole rings is 1. The standard InChI is InChI=1S/C22H33N3O5S.C16H15ClN2O2S/c1-21(11-12-21)31(29,30)24-20(28)22-14-15(22)8-5-3-4-6-13-25(2)19(27)17-10-7-9-16(17)18(26)23-22;1-8(2)11-7-22-16(19-11)10-6-12(20)9-4-5-13(21-3)14(17)15(9)18-10/h5,8,15-17H,3-4,6-7,9-14H2,1-2H3,(H,23,26)(H,24,28);4-8H,1-3H3,(H,18,20)/b8-5-;/t15?,16-,17?,22-;/m1./s1. The summed E-state index contributed by atoms with van der Waals surface area (Å²) in [5.74, 6) is -1.21. The normalized spacial score (nSPS) is 26.0. The van der Waals surface area contributed by atoms with E-state index in [-0.39, 0.29) is 29.1 Å². The minimum atomic E-state index is -3.79. The predicted molar refractivity (Wildman–Crippen MR) is 206 cm³/mol. The van der Waals surface area contributed by atoms with Crippen molar-refractivity contribution in [2.75, 3.05) is 20.7 Å². The average molecular weight is 786 g/mol. The first-order chi connectivity index (χ1) is 25.1. The maximum absolute atomic E-state index is 13.2. The molecule has 3 saturated carbocycles. The number of nitrogens with zero attached hydrogens (tertiary/aromatic N) is 2. The van der Waals surface area contributed by atoms with Gasteiger partial charge in [-0.05, 0) is 76.3 Å². The number of aromatic amines is 1. The third kappa shape index (κ3) is 7.91. The zero-order valence-corrected chi connectivity index (χ0v) is 33.2. The molecule has 12 nitrogen and oxygen atoms in total. The molecule has 0 saturated heterocycles. The van der Waals surface area contributed by atoms with E-state index in [1.165, 1.54) is 11.3 Å². The number of methoxy groups -OCH3 is 1. The van der Waals surface area contributed by atoms with E-state index in [2.05, 4.69) is 33.9 Å². The number of nitrogens with one attached hydrogen (secondary N) is 3. The van der Waals surface area contributed by atoms with Gasteiger partial charge in [0.1, 0.15) is 21.3 Å². The van der Waals surface area contributed by atoms with Gasteiger partial charge in [-0.1, -0.05) is 44.0 Å². The van der Waals surface area contributed by atoms with Gasteiger partial charge in [0.2, 0.25) is 21.8 Å². The molecule has 3 amide bonds. The van der Waals surface area contributed by atoms with E-state index >= 15 is 0 Å². The van der Waals surface area contributed by atoms with Crippen molar-refractivity contribution < 1.29 is 27.5 Å². The summed E-state index contributed by atoms with van der Waals surface area (Å²) in [6.07, 6.45) is 10.0. The summed E-state index contributed by atoms with van der Waals surface area (Å²) in [7, 11) is -0.464. The van der Waals surface area contributed by atoms with Gasteiger partial charge in [0.05, 0.1) is 28.8 Å². The van der Waals surface area contributed by atoms with E-state index in [9.17, 15) is 27.6 Å². The lowest BCUT2D eigenvalue weighted by Gasteiger charge is -2.27. The third-order valence-electron chi connectivity index (χ3n) is 11.1. The molecule has 3 heterocycles. The van der Waals surface area contributed by atoms with Crippen LogP contribution >= 0.6 is 22.9 Å². The number of ether oxygens (including phenoxy) is 1. The largest absolute Gasteiger partial charge is 0.495 e. The fourth-order valence-electron chi connectivity index (χ4n) is 7.12. The highest BCUT2D eigenvalue weighted by molar-refractivity contribution is 7.91. The molecule has 3 aliphatic carbocycles. The lowest BCUT2D eigenvalue weighted by molar-refractivity contribution is -0.140. The number of carbonyl (C=O) groups is 3. The lowest BCUT2D eigenvalue weighted by Crippen LogP contribution is -2.55. The first kappa shape index (κ1) is 39.0. The Balaban J connectivity index is 0.000000192. The number of H-pyrrole nitrogens is 1. The van der Waals surface area contributed by atoms with Crippen LogP contribution in [0.5, 0.6) is 5.75 Å². The topological polar surface area (TPSA) is 168 Å². The number of allylic oxidation sites excluding steroid dienone is 1. The highest BCUT2D eigenvalue weighted by atomic mass is 35.5. The number of benzene rings is 1. The summed E-state index contributed by atoms with van der Waals surface area (Å²) < 4.78 is 31.8. The van der Waals surface area contributed by atoms with E-state index in [4.69, 9.17) is 16.3 Å². The van der Waals surface area contributed by atoms with Crippen molar-refractivity contribution in [1.29, 1.82) is 0 Å². The van der Waals surface area contributed by atoms with Gasteiger partial charge in [0.15, 0.2) is 5.43 Å². The van der Waals surface area contributed by atoms with E-state index in [0.29, 0.717) is 71.9 Å². The summed E-state index contributed by atoms with van der Waals surface area (Å²) in [4.78, 5) is 61.1. The van der Waals surface area contributed by atoms with Crippen LogP contribution < -0.4 is 20.2 Å². The minimum absolute atomic E-state index is 0.0136. The zero-order valence-electron chi connectivity index (χ0n) is 30.8. The molecule has 1 aliphatic heterocycles. The molecule has 4 aliphatic rings. The summed E-state index contributed by atoms with van der Waals surface area (Å²) in [6.45, 7) is 6.47. The van der Waals surface area contributed by atoms with Crippen LogP contribution in [0, 0.1) is 17.8 Å². The van der Waals surface area contributed by atoms with Crippen LogP contribution in [-0.2, 0) is 24.4 Å². The van der Waals surface area contributed by atoms with Gasteiger partial charge >= 0.3 is 0 Å². The van der Waals surface area contributed by atoms with Crippen LogP contribution in [0.3, 0.4) is 0 Å². The Labute approximate surface area is 319 Å². The Morgan fingerprint density at radius 3 is 2.55 bits per heavy atom. The molecule has 2 unspecified atom stereocenters. The quantitative estimate of drug-likeness (QED) is 0.259. The Kier molecular flexibility index (Phi) is 11.2. The minimum Gasteiger partial charge on any atom is -0.495 e. The maximum atomic E-state index is 13.2. The Morgan fingerprint density at radius 2 is 1.87 bits per heavy atom. The zero-order chi connectivity index (χ0) is 38.3. The monoisotopic (exact) mass is 785 g/mol. The Bertz CT molecular complexity index is 2110. The molecule has 3 N–H and O–H groups in total. The van der Waals surface area contributed by atoms with Crippen molar-refractivity contribution in [1.82, 2.24) is 24.9 Å². The van der Waals surface area contributed by atoms with Crippen molar-refractivity contribution in [3.8, 4) is 16.5 Å². The first-order valence-electron chi connectivity index (χ1n) is 18.3. The van der Waals surface area contributed by atoms with E-state index in [0.717, 1.165) is 36.4 Å². The van der Waals surface area contributed by atoms with Crippen LogP contribution in [0.4, 0.5) is 0 Å². The number of halogens is 1. The van der Waals surface area contributed by atoms with Crippen molar-refractivity contribution in [3.05, 3.63) is 56.7 Å². The molecule has 0 radical (unpaired) electrons. The second-order valence-electron chi connectivity index (χ2n) is 15.3. The molecule has 286 valence electrons. The molecule has 3 fully saturated rings. The highest BCUT2D eigenvalue weighted by Gasteiger charge is 2.63. The van der Waals surface area contributed by atoms with Gasteiger partial charge in [-0.25, -0.2) is 13.4 Å². The van der Waals surface area contributed by atoms with Gasteiger partial charge in [-0.15, -0.1) is 11.3 Å². The SMILES string of the molecule is CN1CCCC/C=C\C2C[C@@]2(C(=O)NS(=O)(=O)C2(C)CC2)NC(=O)[C@@H]2CCCC2C1=O.COc1ccc2c(=O)cc(-c3nc(C(C)C)cs3)[nH]c2c1Cl.